The molecule has 0 saturated carbocycles. The van der Waals surface area contributed by atoms with Crippen LogP contribution in [0, 0.1) is 6.92 Å². The second kappa shape index (κ2) is 5.69. The lowest BCUT2D eigenvalue weighted by Gasteiger charge is -2.13. The fourth-order valence-electron chi connectivity index (χ4n) is 2.59. The van der Waals surface area contributed by atoms with E-state index in [1.54, 1.807) is 0 Å². The van der Waals surface area contributed by atoms with E-state index in [4.69, 9.17) is 4.98 Å². The molecule has 0 spiro atoms. The molecule has 0 radical (unpaired) electrons. The number of fused-ring (bicyclic) bond motifs is 1. The van der Waals surface area contributed by atoms with Gasteiger partial charge in [0.25, 0.3) is 0 Å². The first-order valence-corrected chi connectivity index (χ1v) is 7.30. The van der Waals surface area contributed by atoms with Gasteiger partial charge in [0.1, 0.15) is 5.82 Å². The number of imidazole rings is 1. The Morgan fingerprint density at radius 1 is 1.29 bits per heavy atom. The number of nitrogens with zero attached hydrogens (tertiary/aromatic N) is 4. The molecule has 0 unspecified atom stereocenters. The summed E-state index contributed by atoms with van der Waals surface area (Å²) in [4.78, 5) is 10.3. The van der Waals surface area contributed by atoms with Crippen LogP contribution in [0.2, 0.25) is 0 Å². The van der Waals surface area contributed by atoms with Crippen molar-refractivity contribution in [3.8, 4) is 0 Å². The number of H-pyrrole nitrogens is 1. The molecule has 2 heterocycles. The first-order chi connectivity index (χ1) is 10.2. The first kappa shape index (κ1) is 13.8. The Morgan fingerprint density at radius 3 is 2.86 bits per heavy atom. The zero-order chi connectivity index (χ0) is 14.8. The van der Waals surface area contributed by atoms with Gasteiger partial charge in [0.05, 0.1) is 23.8 Å². The van der Waals surface area contributed by atoms with E-state index in [2.05, 4.69) is 60.3 Å². The Hall–Kier alpha value is -2.14. The Labute approximate surface area is 124 Å². The van der Waals surface area contributed by atoms with Crippen molar-refractivity contribution in [3.05, 3.63) is 47.5 Å². The van der Waals surface area contributed by atoms with E-state index >= 15 is 0 Å². The van der Waals surface area contributed by atoms with Crippen LogP contribution >= 0.6 is 0 Å². The molecular weight excluding hydrogens is 262 g/mol. The van der Waals surface area contributed by atoms with Gasteiger partial charge in [-0.25, -0.2) is 4.98 Å². The number of nitrogens with one attached hydrogen (secondary N) is 1. The van der Waals surface area contributed by atoms with Crippen LogP contribution < -0.4 is 0 Å². The first-order valence-electron chi connectivity index (χ1n) is 7.30. The number of aromatic amines is 1. The molecule has 0 aliphatic heterocycles. The molecule has 21 heavy (non-hydrogen) atoms. The molecule has 2 aromatic heterocycles. The zero-order valence-corrected chi connectivity index (χ0v) is 12.8. The fraction of sp³-hybridized carbons (Fsp3) is 0.375. The van der Waals surface area contributed by atoms with Crippen LogP contribution in [-0.2, 0) is 19.6 Å². The van der Waals surface area contributed by atoms with E-state index in [9.17, 15) is 0 Å². The molecule has 0 fully saturated rings. The molecular formula is C16H21N5. The highest BCUT2D eigenvalue weighted by Crippen LogP contribution is 2.16. The van der Waals surface area contributed by atoms with Gasteiger partial charge in [-0.3, -0.25) is 9.58 Å². The Balaban J connectivity index is 1.70. The van der Waals surface area contributed by atoms with Gasteiger partial charge in [-0.1, -0.05) is 12.1 Å². The molecule has 0 bridgehead atoms. The average molecular weight is 283 g/mol. The maximum absolute atomic E-state index is 4.70. The highest BCUT2D eigenvalue weighted by Gasteiger charge is 2.08. The van der Waals surface area contributed by atoms with Crippen molar-refractivity contribution in [3.63, 3.8) is 0 Å². The lowest BCUT2D eigenvalue weighted by molar-refractivity contribution is 0.312. The van der Waals surface area contributed by atoms with Crippen LogP contribution in [0.5, 0.6) is 0 Å². The van der Waals surface area contributed by atoms with Crippen LogP contribution in [0.15, 0.2) is 30.6 Å². The summed E-state index contributed by atoms with van der Waals surface area (Å²) in [7, 11) is 2.10. The Kier molecular flexibility index (Phi) is 3.75. The van der Waals surface area contributed by atoms with Gasteiger partial charge >= 0.3 is 0 Å². The number of para-hydroxylation sites is 1. The van der Waals surface area contributed by atoms with Crippen molar-refractivity contribution >= 4 is 11.0 Å². The topological polar surface area (TPSA) is 49.7 Å². The summed E-state index contributed by atoms with van der Waals surface area (Å²) < 4.78 is 1.95. The maximum atomic E-state index is 4.70. The van der Waals surface area contributed by atoms with E-state index in [-0.39, 0.29) is 0 Å². The van der Waals surface area contributed by atoms with E-state index in [1.165, 1.54) is 11.1 Å². The minimum Gasteiger partial charge on any atom is -0.341 e. The molecule has 0 saturated heterocycles. The SMILES string of the molecule is CCn1cc(CN(C)Cc2nc3c(C)cccc3[nH]2)cn1. The molecule has 0 aliphatic carbocycles. The van der Waals surface area contributed by atoms with E-state index < -0.39 is 0 Å². The monoisotopic (exact) mass is 283 g/mol. The third kappa shape index (κ3) is 2.97. The minimum absolute atomic E-state index is 0.797. The molecule has 0 atom stereocenters. The standard InChI is InChI=1S/C16H21N5/c1-4-21-10-13(8-17-21)9-20(3)11-15-18-14-7-5-6-12(2)16(14)19-15/h5-8,10H,4,9,11H2,1-3H3,(H,18,19). The highest BCUT2D eigenvalue weighted by molar-refractivity contribution is 5.78. The predicted molar refractivity (Wildman–Crippen MR) is 83.9 cm³/mol. The number of aryl methyl sites for hydroxylation is 2. The number of benzene rings is 1. The van der Waals surface area contributed by atoms with Crippen molar-refractivity contribution in [1.29, 1.82) is 0 Å². The van der Waals surface area contributed by atoms with Crippen LogP contribution in [0.25, 0.3) is 11.0 Å². The van der Waals surface area contributed by atoms with Crippen LogP contribution in [-0.4, -0.2) is 31.7 Å². The molecule has 1 aromatic carbocycles. The van der Waals surface area contributed by atoms with Crippen molar-refractivity contribution < 1.29 is 0 Å². The summed E-state index contributed by atoms with van der Waals surface area (Å²) >= 11 is 0. The van der Waals surface area contributed by atoms with E-state index in [1.807, 2.05) is 10.9 Å². The summed E-state index contributed by atoms with van der Waals surface area (Å²) in [5.74, 6) is 1.00. The van der Waals surface area contributed by atoms with Gasteiger partial charge in [-0.05, 0) is 32.5 Å². The van der Waals surface area contributed by atoms with E-state index in [0.29, 0.717) is 0 Å². The average Bonchev–Trinajstić information content (AvgIpc) is 3.05. The fourth-order valence-corrected chi connectivity index (χ4v) is 2.59. The normalized spacial score (nSPS) is 11.6. The lowest BCUT2D eigenvalue weighted by atomic mass is 10.2. The summed E-state index contributed by atoms with van der Waals surface area (Å²) in [6.07, 6.45) is 4.03. The third-order valence-corrected chi connectivity index (χ3v) is 3.65. The summed E-state index contributed by atoms with van der Waals surface area (Å²) in [5.41, 5.74) is 4.62. The number of rotatable bonds is 5. The van der Waals surface area contributed by atoms with E-state index in [0.717, 1.165) is 36.5 Å². The van der Waals surface area contributed by atoms with Gasteiger partial charge in [-0.2, -0.15) is 5.10 Å². The van der Waals surface area contributed by atoms with Crippen molar-refractivity contribution in [1.82, 2.24) is 24.6 Å². The lowest BCUT2D eigenvalue weighted by Crippen LogP contribution is -2.17. The highest BCUT2D eigenvalue weighted by atomic mass is 15.3. The molecule has 5 nitrogen and oxygen atoms in total. The molecule has 1 N–H and O–H groups in total. The summed E-state index contributed by atoms with van der Waals surface area (Å²) in [5, 5.41) is 4.31. The molecule has 5 heteroatoms. The summed E-state index contributed by atoms with van der Waals surface area (Å²) in [6.45, 7) is 6.76. The van der Waals surface area contributed by atoms with Crippen LogP contribution in [0.1, 0.15) is 23.9 Å². The largest absolute Gasteiger partial charge is 0.341 e. The van der Waals surface area contributed by atoms with Crippen molar-refractivity contribution in [2.45, 2.75) is 33.5 Å². The van der Waals surface area contributed by atoms with Gasteiger partial charge in [-0.15, -0.1) is 0 Å². The maximum Gasteiger partial charge on any atom is 0.121 e. The Morgan fingerprint density at radius 2 is 2.14 bits per heavy atom. The minimum atomic E-state index is 0.797. The second-order valence-corrected chi connectivity index (χ2v) is 5.53. The molecule has 110 valence electrons. The smallest absolute Gasteiger partial charge is 0.121 e. The summed E-state index contributed by atoms with van der Waals surface area (Å²) in [6, 6.07) is 6.22. The van der Waals surface area contributed by atoms with Gasteiger partial charge in [0.15, 0.2) is 0 Å². The van der Waals surface area contributed by atoms with Crippen molar-refractivity contribution in [2.24, 2.45) is 0 Å². The number of aromatic nitrogens is 4. The molecule has 0 aliphatic rings. The predicted octanol–water partition coefficient (Wildman–Crippen LogP) is 2.72. The van der Waals surface area contributed by atoms with Crippen LogP contribution in [0.3, 0.4) is 0 Å². The molecule has 3 rings (SSSR count). The number of hydrogen-bond acceptors (Lipinski definition) is 3. The second-order valence-electron chi connectivity index (χ2n) is 5.53. The van der Waals surface area contributed by atoms with Gasteiger partial charge in [0.2, 0.25) is 0 Å². The van der Waals surface area contributed by atoms with Gasteiger partial charge < -0.3 is 4.98 Å². The number of hydrogen-bond donors (Lipinski definition) is 1. The molecule has 0 amide bonds. The zero-order valence-electron chi connectivity index (χ0n) is 12.8. The third-order valence-electron chi connectivity index (χ3n) is 3.65. The van der Waals surface area contributed by atoms with Gasteiger partial charge in [0, 0.05) is 24.8 Å². The molecule has 3 aromatic rings. The quantitative estimate of drug-likeness (QED) is 0.783. The van der Waals surface area contributed by atoms with Crippen LogP contribution in [0.4, 0.5) is 0 Å². The Bertz CT molecular complexity index is 740. The van der Waals surface area contributed by atoms with Crippen molar-refractivity contribution in [2.75, 3.05) is 7.05 Å².